The third-order valence-electron chi connectivity index (χ3n) is 3.85. The zero-order valence-corrected chi connectivity index (χ0v) is 12.6. The molecule has 1 aliphatic rings. The van der Waals surface area contributed by atoms with Gasteiger partial charge in [0.25, 0.3) is 0 Å². The molecule has 0 radical (unpaired) electrons. The van der Waals surface area contributed by atoms with Crippen molar-refractivity contribution in [2.24, 2.45) is 5.92 Å². The highest BCUT2D eigenvalue weighted by atomic mass is 35.5. The van der Waals surface area contributed by atoms with Crippen molar-refractivity contribution >= 4 is 17.2 Å². The van der Waals surface area contributed by atoms with Crippen LogP contribution in [0, 0.1) is 5.92 Å². The minimum Gasteiger partial charge on any atom is -0.236 e. The molecule has 0 fully saturated rings. The second-order valence-corrected chi connectivity index (χ2v) is 5.80. The number of nitrogens with zero attached hydrogens (tertiary/aromatic N) is 1. The number of aromatic nitrogens is 1. The minimum absolute atomic E-state index is 0.558. The van der Waals surface area contributed by atoms with E-state index in [0.717, 1.165) is 25.0 Å². The Hall–Kier alpha value is -1.86. The van der Waals surface area contributed by atoms with Crippen molar-refractivity contribution in [3.63, 3.8) is 0 Å². The summed E-state index contributed by atoms with van der Waals surface area (Å²) in [6, 6.07) is 16.5. The predicted octanol–water partition coefficient (Wildman–Crippen LogP) is 5.33. The Kier molecular flexibility index (Phi) is 4.52. The van der Waals surface area contributed by atoms with Crippen molar-refractivity contribution in [1.29, 1.82) is 0 Å². The standard InChI is InChI=1S/C19H18ClN/c20-19-11-5-10-18(21-19)17-9-4-8-16(12-13-17)14-15-6-2-1-3-7-15/h1-11,16H,12-14H2. The van der Waals surface area contributed by atoms with Gasteiger partial charge in [0, 0.05) is 0 Å². The van der Waals surface area contributed by atoms with Gasteiger partial charge in [-0.25, -0.2) is 4.98 Å². The van der Waals surface area contributed by atoms with Gasteiger partial charge in [-0.05, 0) is 48.4 Å². The Bertz CT molecular complexity index is 658. The fraction of sp³-hybridized carbons (Fsp3) is 0.211. The fourth-order valence-corrected chi connectivity index (χ4v) is 2.90. The summed E-state index contributed by atoms with van der Waals surface area (Å²) in [7, 11) is 0. The van der Waals surface area contributed by atoms with Crippen LogP contribution < -0.4 is 0 Å². The van der Waals surface area contributed by atoms with Crippen molar-refractivity contribution in [2.45, 2.75) is 19.3 Å². The normalized spacial score (nSPS) is 18.1. The van der Waals surface area contributed by atoms with Gasteiger partial charge in [0.2, 0.25) is 0 Å². The monoisotopic (exact) mass is 295 g/mol. The third-order valence-corrected chi connectivity index (χ3v) is 4.06. The number of hydrogen-bond acceptors (Lipinski definition) is 1. The highest BCUT2D eigenvalue weighted by molar-refractivity contribution is 6.29. The summed E-state index contributed by atoms with van der Waals surface area (Å²) in [6.07, 6.45) is 9.93. The molecule has 106 valence electrons. The molecule has 1 heterocycles. The Morgan fingerprint density at radius 3 is 2.71 bits per heavy atom. The van der Waals surface area contributed by atoms with Crippen LogP contribution in [0.3, 0.4) is 0 Å². The van der Waals surface area contributed by atoms with Gasteiger partial charge in [-0.1, -0.05) is 66.2 Å². The van der Waals surface area contributed by atoms with Crippen molar-refractivity contribution < 1.29 is 0 Å². The van der Waals surface area contributed by atoms with Crippen LogP contribution in [-0.2, 0) is 6.42 Å². The number of rotatable bonds is 3. The summed E-state index contributed by atoms with van der Waals surface area (Å²) < 4.78 is 0. The maximum atomic E-state index is 5.98. The quantitative estimate of drug-likeness (QED) is 0.698. The summed E-state index contributed by atoms with van der Waals surface area (Å²) in [5.74, 6) is 0.584. The van der Waals surface area contributed by atoms with E-state index in [1.54, 1.807) is 0 Å². The van der Waals surface area contributed by atoms with E-state index in [4.69, 9.17) is 11.6 Å². The van der Waals surface area contributed by atoms with Crippen molar-refractivity contribution in [3.05, 3.63) is 83.2 Å². The molecule has 0 spiro atoms. The molecule has 0 amide bonds. The lowest BCUT2D eigenvalue weighted by Gasteiger charge is -2.12. The lowest BCUT2D eigenvalue weighted by Crippen LogP contribution is -2.01. The predicted molar refractivity (Wildman–Crippen MR) is 89.2 cm³/mol. The molecule has 3 rings (SSSR count). The second-order valence-electron chi connectivity index (χ2n) is 5.41. The molecular weight excluding hydrogens is 278 g/mol. The summed E-state index contributed by atoms with van der Waals surface area (Å²) in [6.45, 7) is 0. The first-order valence-electron chi connectivity index (χ1n) is 7.35. The van der Waals surface area contributed by atoms with E-state index >= 15 is 0 Å². The smallest absolute Gasteiger partial charge is 0.129 e. The highest BCUT2D eigenvalue weighted by Gasteiger charge is 2.12. The molecular formula is C19H18ClN. The number of allylic oxidation sites excluding steroid dienone is 4. The zero-order valence-electron chi connectivity index (χ0n) is 11.9. The average Bonchev–Trinajstić information content (AvgIpc) is 2.74. The van der Waals surface area contributed by atoms with Crippen molar-refractivity contribution in [3.8, 4) is 0 Å². The van der Waals surface area contributed by atoms with Crippen LogP contribution in [0.2, 0.25) is 5.15 Å². The Balaban J connectivity index is 1.67. The van der Waals surface area contributed by atoms with Crippen LogP contribution in [0.5, 0.6) is 0 Å². The molecule has 1 atom stereocenters. The maximum Gasteiger partial charge on any atom is 0.129 e. The largest absolute Gasteiger partial charge is 0.236 e. The SMILES string of the molecule is Clc1cccc(C2=CC=CC(Cc3ccccc3)CC2)n1. The molecule has 1 nitrogen and oxygen atoms in total. The summed E-state index contributed by atoms with van der Waals surface area (Å²) in [5, 5.41) is 0.558. The maximum absolute atomic E-state index is 5.98. The number of halogens is 1. The van der Waals surface area contributed by atoms with E-state index in [0.29, 0.717) is 11.1 Å². The molecule has 2 heteroatoms. The van der Waals surface area contributed by atoms with Crippen molar-refractivity contribution in [2.75, 3.05) is 0 Å². The molecule has 0 aliphatic heterocycles. The van der Waals surface area contributed by atoms with Crippen molar-refractivity contribution in [1.82, 2.24) is 4.98 Å². The highest BCUT2D eigenvalue weighted by Crippen LogP contribution is 2.27. The van der Waals surface area contributed by atoms with E-state index in [1.165, 1.54) is 11.1 Å². The molecule has 1 aliphatic carbocycles. The fourth-order valence-electron chi connectivity index (χ4n) is 2.74. The van der Waals surface area contributed by atoms with Crippen LogP contribution in [0.15, 0.2) is 66.8 Å². The van der Waals surface area contributed by atoms with Gasteiger partial charge in [-0.15, -0.1) is 0 Å². The topological polar surface area (TPSA) is 12.9 Å². The second kappa shape index (κ2) is 6.73. The first-order chi connectivity index (χ1) is 10.3. The number of hydrogen-bond donors (Lipinski definition) is 0. The molecule has 0 saturated heterocycles. The molecule has 0 N–H and O–H groups in total. The van der Waals surface area contributed by atoms with E-state index in [-0.39, 0.29) is 0 Å². The average molecular weight is 296 g/mol. The summed E-state index contributed by atoms with van der Waals surface area (Å²) >= 11 is 5.98. The number of pyridine rings is 1. The zero-order chi connectivity index (χ0) is 14.5. The molecule has 1 unspecified atom stereocenters. The van der Waals surface area contributed by atoms with E-state index in [1.807, 2.05) is 18.2 Å². The lowest BCUT2D eigenvalue weighted by molar-refractivity contribution is 0.602. The lowest BCUT2D eigenvalue weighted by atomic mass is 9.93. The summed E-state index contributed by atoms with van der Waals surface area (Å²) in [5.41, 5.74) is 3.66. The Morgan fingerprint density at radius 2 is 1.90 bits per heavy atom. The molecule has 1 aromatic carbocycles. The van der Waals surface area contributed by atoms with Gasteiger partial charge in [-0.2, -0.15) is 0 Å². The van der Waals surface area contributed by atoms with Gasteiger partial charge in [0.15, 0.2) is 0 Å². The van der Waals surface area contributed by atoms with Crippen LogP contribution in [0.1, 0.15) is 24.1 Å². The molecule has 21 heavy (non-hydrogen) atoms. The van der Waals surface area contributed by atoms with E-state index < -0.39 is 0 Å². The van der Waals surface area contributed by atoms with Gasteiger partial charge in [-0.3, -0.25) is 0 Å². The van der Waals surface area contributed by atoms with Gasteiger partial charge >= 0.3 is 0 Å². The summed E-state index contributed by atoms with van der Waals surface area (Å²) in [4.78, 5) is 4.41. The molecule has 0 saturated carbocycles. The third kappa shape index (κ3) is 3.83. The molecule has 2 aromatic rings. The van der Waals surface area contributed by atoms with E-state index in [9.17, 15) is 0 Å². The minimum atomic E-state index is 0.558. The van der Waals surface area contributed by atoms with Gasteiger partial charge in [0.1, 0.15) is 5.15 Å². The van der Waals surface area contributed by atoms with Gasteiger partial charge in [0.05, 0.1) is 5.69 Å². The Labute approximate surface area is 131 Å². The number of benzene rings is 1. The first-order valence-corrected chi connectivity index (χ1v) is 7.73. The Morgan fingerprint density at radius 1 is 1.05 bits per heavy atom. The van der Waals surface area contributed by atoms with Crippen LogP contribution in [0.25, 0.3) is 5.57 Å². The van der Waals surface area contributed by atoms with Crippen LogP contribution >= 0.6 is 11.6 Å². The van der Waals surface area contributed by atoms with Crippen LogP contribution in [0.4, 0.5) is 0 Å². The molecule has 0 bridgehead atoms. The van der Waals surface area contributed by atoms with Gasteiger partial charge < -0.3 is 0 Å². The first kappa shape index (κ1) is 14.1. The molecule has 1 aromatic heterocycles. The van der Waals surface area contributed by atoms with E-state index in [2.05, 4.69) is 53.5 Å². The van der Waals surface area contributed by atoms with Crippen LogP contribution in [-0.4, -0.2) is 4.98 Å².